The van der Waals surface area contributed by atoms with E-state index in [0.717, 1.165) is 30.6 Å². The van der Waals surface area contributed by atoms with E-state index >= 15 is 0 Å². The van der Waals surface area contributed by atoms with Crippen molar-refractivity contribution in [2.75, 3.05) is 6.61 Å². The second-order valence-corrected chi connectivity index (χ2v) is 5.28. The molecule has 3 rings (SSSR count). The fourth-order valence-electron chi connectivity index (χ4n) is 2.78. The van der Waals surface area contributed by atoms with E-state index in [0.29, 0.717) is 18.3 Å². The molecule has 0 aliphatic carbocycles. The van der Waals surface area contributed by atoms with Crippen LogP contribution in [0.1, 0.15) is 29.9 Å². The number of phenolic OH excluding ortho intramolecular Hbond substituents is 2. The molecule has 104 valence electrons. The molecule has 0 saturated heterocycles. The number of aromatic hydroxyl groups is 2. The van der Waals surface area contributed by atoms with Gasteiger partial charge in [0.2, 0.25) is 0 Å². The largest absolute Gasteiger partial charge is 0.508 e. The average Bonchev–Trinajstić information content (AvgIpc) is 2.63. The normalized spacial score (nSPS) is 17.9. The molecule has 1 unspecified atom stereocenters. The number of ether oxygens (including phenoxy) is 1. The van der Waals surface area contributed by atoms with Gasteiger partial charge in [0.25, 0.3) is 0 Å². The van der Waals surface area contributed by atoms with Gasteiger partial charge in [-0.15, -0.1) is 0 Å². The van der Waals surface area contributed by atoms with Crippen LogP contribution in [0, 0.1) is 0 Å². The summed E-state index contributed by atoms with van der Waals surface area (Å²) in [7, 11) is 0. The third kappa shape index (κ3) is 2.72. The van der Waals surface area contributed by atoms with E-state index in [2.05, 4.69) is 0 Å². The van der Waals surface area contributed by atoms with Gasteiger partial charge in [0.1, 0.15) is 17.2 Å². The molecule has 1 heterocycles. The highest BCUT2D eigenvalue weighted by molar-refractivity contribution is 5.43. The molecule has 2 aromatic carbocycles. The summed E-state index contributed by atoms with van der Waals surface area (Å²) in [6.07, 6.45) is 3.00. The minimum Gasteiger partial charge on any atom is -0.508 e. The third-order valence-electron chi connectivity index (χ3n) is 3.81. The Morgan fingerprint density at radius 2 is 1.75 bits per heavy atom. The lowest BCUT2D eigenvalue weighted by Crippen LogP contribution is -2.02. The van der Waals surface area contributed by atoms with Crippen LogP contribution in [0.2, 0.25) is 0 Å². The summed E-state index contributed by atoms with van der Waals surface area (Å²) in [6.45, 7) is 0.697. The van der Waals surface area contributed by atoms with E-state index < -0.39 is 0 Å². The summed E-state index contributed by atoms with van der Waals surface area (Å²) in [6, 6.07) is 12.7. The standard InChI is InChI=1S/C17H18O3/c18-14-5-3-12(4-6-14)10-13-2-1-9-20-17-11-15(19)7-8-16(13)17/h3-8,11,13,18-19H,1-2,9-10H2. The molecule has 0 fully saturated rings. The highest BCUT2D eigenvalue weighted by Gasteiger charge is 2.20. The van der Waals surface area contributed by atoms with E-state index in [-0.39, 0.29) is 5.75 Å². The summed E-state index contributed by atoms with van der Waals surface area (Å²) in [5, 5.41) is 18.9. The Morgan fingerprint density at radius 3 is 2.55 bits per heavy atom. The van der Waals surface area contributed by atoms with E-state index in [1.54, 1.807) is 24.3 Å². The zero-order valence-corrected chi connectivity index (χ0v) is 11.2. The lowest BCUT2D eigenvalue weighted by molar-refractivity contribution is 0.314. The molecular formula is C17H18O3. The molecule has 0 aromatic heterocycles. The Bertz CT molecular complexity index is 590. The maximum absolute atomic E-state index is 9.58. The molecule has 0 bridgehead atoms. The summed E-state index contributed by atoms with van der Waals surface area (Å²) in [5.41, 5.74) is 2.36. The molecular weight excluding hydrogens is 252 g/mol. The predicted molar refractivity (Wildman–Crippen MR) is 77.4 cm³/mol. The van der Waals surface area contributed by atoms with Crippen molar-refractivity contribution >= 4 is 0 Å². The number of benzene rings is 2. The first-order valence-electron chi connectivity index (χ1n) is 6.96. The molecule has 20 heavy (non-hydrogen) atoms. The van der Waals surface area contributed by atoms with Crippen LogP contribution >= 0.6 is 0 Å². The molecule has 3 nitrogen and oxygen atoms in total. The average molecular weight is 270 g/mol. The number of rotatable bonds is 2. The Labute approximate surface area is 118 Å². The first kappa shape index (κ1) is 12.9. The van der Waals surface area contributed by atoms with Gasteiger partial charge in [-0.2, -0.15) is 0 Å². The van der Waals surface area contributed by atoms with Crippen LogP contribution in [-0.2, 0) is 6.42 Å². The van der Waals surface area contributed by atoms with Crippen molar-refractivity contribution in [1.29, 1.82) is 0 Å². The maximum atomic E-state index is 9.58. The molecule has 0 saturated carbocycles. The van der Waals surface area contributed by atoms with Crippen LogP contribution in [0.3, 0.4) is 0 Å². The van der Waals surface area contributed by atoms with Crippen molar-refractivity contribution in [2.24, 2.45) is 0 Å². The van der Waals surface area contributed by atoms with Gasteiger partial charge in [-0.25, -0.2) is 0 Å². The molecule has 0 radical (unpaired) electrons. The van der Waals surface area contributed by atoms with E-state index in [1.807, 2.05) is 18.2 Å². The van der Waals surface area contributed by atoms with Gasteiger partial charge in [-0.3, -0.25) is 0 Å². The molecule has 1 aliphatic rings. The number of hydrogen-bond acceptors (Lipinski definition) is 3. The Kier molecular flexibility index (Phi) is 3.50. The molecule has 1 atom stereocenters. The van der Waals surface area contributed by atoms with Crippen LogP contribution in [0.4, 0.5) is 0 Å². The molecule has 3 heteroatoms. The lowest BCUT2D eigenvalue weighted by atomic mass is 9.88. The fourth-order valence-corrected chi connectivity index (χ4v) is 2.78. The second-order valence-electron chi connectivity index (χ2n) is 5.28. The quantitative estimate of drug-likeness (QED) is 0.876. The minimum absolute atomic E-state index is 0.244. The summed E-state index contributed by atoms with van der Waals surface area (Å²) >= 11 is 0. The van der Waals surface area contributed by atoms with Crippen molar-refractivity contribution in [3.8, 4) is 17.2 Å². The molecule has 0 amide bonds. The van der Waals surface area contributed by atoms with Gasteiger partial charge in [0.15, 0.2) is 0 Å². The summed E-state index contributed by atoms with van der Waals surface area (Å²) < 4.78 is 5.72. The van der Waals surface area contributed by atoms with Crippen molar-refractivity contribution in [3.05, 3.63) is 53.6 Å². The first-order chi connectivity index (χ1) is 9.72. The monoisotopic (exact) mass is 270 g/mol. The van der Waals surface area contributed by atoms with E-state index in [1.165, 1.54) is 5.56 Å². The highest BCUT2D eigenvalue weighted by Crippen LogP contribution is 2.37. The second kappa shape index (κ2) is 5.45. The number of hydrogen-bond donors (Lipinski definition) is 2. The summed E-state index contributed by atoms with van der Waals surface area (Å²) in [4.78, 5) is 0. The van der Waals surface area contributed by atoms with Crippen molar-refractivity contribution < 1.29 is 14.9 Å². The zero-order valence-electron chi connectivity index (χ0n) is 11.2. The molecule has 2 aromatic rings. The first-order valence-corrected chi connectivity index (χ1v) is 6.96. The number of fused-ring (bicyclic) bond motifs is 1. The predicted octanol–water partition coefficient (Wildman–Crippen LogP) is 3.60. The molecule has 1 aliphatic heterocycles. The fraction of sp³-hybridized carbons (Fsp3) is 0.294. The lowest BCUT2D eigenvalue weighted by Gasteiger charge is -2.17. The van der Waals surface area contributed by atoms with Gasteiger partial charge in [-0.1, -0.05) is 18.2 Å². The van der Waals surface area contributed by atoms with Crippen LogP contribution in [0.15, 0.2) is 42.5 Å². The van der Waals surface area contributed by atoms with Gasteiger partial charge in [0, 0.05) is 6.07 Å². The highest BCUT2D eigenvalue weighted by atomic mass is 16.5. The summed E-state index contributed by atoms with van der Waals surface area (Å²) in [5.74, 6) is 1.72. The van der Waals surface area contributed by atoms with Crippen molar-refractivity contribution in [3.63, 3.8) is 0 Å². The van der Waals surface area contributed by atoms with Crippen LogP contribution in [0.25, 0.3) is 0 Å². The third-order valence-corrected chi connectivity index (χ3v) is 3.81. The van der Waals surface area contributed by atoms with Crippen molar-refractivity contribution in [2.45, 2.75) is 25.2 Å². The van der Waals surface area contributed by atoms with Crippen LogP contribution < -0.4 is 4.74 Å². The van der Waals surface area contributed by atoms with E-state index in [9.17, 15) is 10.2 Å². The van der Waals surface area contributed by atoms with Crippen LogP contribution in [0.5, 0.6) is 17.2 Å². The smallest absolute Gasteiger partial charge is 0.126 e. The topological polar surface area (TPSA) is 49.7 Å². The van der Waals surface area contributed by atoms with Gasteiger partial charge >= 0.3 is 0 Å². The van der Waals surface area contributed by atoms with Crippen molar-refractivity contribution in [1.82, 2.24) is 0 Å². The SMILES string of the molecule is Oc1ccc(CC2CCCOc3cc(O)ccc32)cc1. The Hall–Kier alpha value is -2.16. The van der Waals surface area contributed by atoms with Gasteiger partial charge in [0.05, 0.1) is 6.61 Å². The van der Waals surface area contributed by atoms with Gasteiger partial charge in [-0.05, 0) is 54.5 Å². The Balaban J connectivity index is 1.88. The molecule has 2 N–H and O–H groups in total. The van der Waals surface area contributed by atoms with Crippen LogP contribution in [-0.4, -0.2) is 16.8 Å². The molecule has 0 spiro atoms. The van der Waals surface area contributed by atoms with Gasteiger partial charge < -0.3 is 14.9 Å². The maximum Gasteiger partial charge on any atom is 0.126 e. The number of phenols is 2. The van der Waals surface area contributed by atoms with E-state index in [4.69, 9.17) is 4.74 Å². The zero-order chi connectivity index (χ0) is 13.9. The Morgan fingerprint density at radius 1 is 1.00 bits per heavy atom. The minimum atomic E-state index is 0.244.